The Balaban J connectivity index is 1.43. The first kappa shape index (κ1) is 23.0. The van der Waals surface area contributed by atoms with E-state index < -0.39 is 0 Å². The van der Waals surface area contributed by atoms with Crippen LogP contribution in [0.15, 0.2) is 41.2 Å². The molecular formula is C27H26Cl2N4O. The first-order valence-electron chi connectivity index (χ1n) is 11.4. The van der Waals surface area contributed by atoms with E-state index in [0.717, 1.165) is 43.7 Å². The minimum Gasteiger partial charge on any atom is -0.356 e. The quantitative estimate of drug-likeness (QED) is 0.512. The minimum atomic E-state index is -0.140. The fourth-order valence-electron chi connectivity index (χ4n) is 5.56. The van der Waals surface area contributed by atoms with Gasteiger partial charge in [-0.05, 0) is 73.9 Å². The number of nitrogens with two attached hydrogens (primary N) is 1. The monoisotopic (exact) mass is 492 g/mol. The second-order valence-electron chi connectivity index (χ2n) is 9.38. The number of nitrogens with zero attached hydrogens (tertiary/aromatic N) is 3. The number of hydrogen-bond acceptors (Lipinski definition) is 4. The lowest BCUT2D eigenvalue weighted by Crippen LogP contribution is -2.45. The Morgan fingerprint density at radius 2 is 1.91 bits per heavy atom. The summed E-state index contributed by atoms with van der Waals surface area (Å²) in [7, 11) is 0. The third-order valence-corrected chi connectivity index (χ3v) is 8.34. The van der Waals surface area contributed by atoms with Crippen molar-refractivity contribution in [2.75, 3.05) is 18.0 Å². The van der Waals surface area contributed by atoms with E-state index in [1.807, 2.05) is 19.9 Å². The smallest absolute Gasteiger partial charge is 0.263 e. The van der Waals surface area contributed by atoms with Crippen LogP contribution >= 0.6 is 23.2 Å². The van der Waals surface area contributed by atoms with Gasteiger partial charge in [0.2, 0.25) is 0 Å². The molecule has 1 atom stereocenters. The van der Waals surface area contributed by atoms with Gasteiger partial charge >= 0.3 is 0 Å². The predicted molar refractivity (Wildman–Crippen MR) is 138 cm³/mol. The molecule has 1 saturated heterocycles. The maximum atomic E-state index is 13.4. The standard InChI is InChI=1S/C27H26Cl2N4O/c1-4-18-8-9-19-15-27(24(30)20(19)14-18)10-12-32(13-11-27)25-16(2)26(34)33(17(3)31-25)22-7-5-6-21(28)23(22)29/h1,5-9,14,24H,10-13,15,30H2,2-3H3/t24-/m1/s1. The van der Waals surface area contributed by atoms with Crippen molar-refractivity contribution in [1.82, 2.24) is 9.55 Å². The summed E-state index contributed by atoms with van der Waals surface area (Å²) >= 11 is 12.6. The van der Waals surface area contributed by atoms with Crippen molar-refractivity contribution < 1.29 is 0 Å². The summed E-state index contributed by atoms with van der Waals surface area (Å²) in [5.41, 5.74) is 11.1. The highest BCUT2D eigenvalue weighted by atomic mass is 35.5. The van der Waals surface area contributed by atoms with Crippen LogP contribution in [0, 0.1) is 31.6 Å². The van der Waals surface area contributed by atoms with Gasteiger partial charge in [-0.1, -0.05) is 41.3 Å². The SMILES string of the molecule is C#Cc1ccc2c(c1)[C@@H](N)C1(CCN(c3nc(C)n(-c4cccc(Cl)c4Cl)c(=O)c3C)CC1)C2. The molecule has 7 heteroatoms. The summed E-state index contributed by atoms with van der Waals surface area (Å²) in [6.07, 6.45) is 8.42. The molecular weight excluding hydrogens is 467 g/mol. The average Bonchev–Trinajstić information content (AvgIpc) is 3.10. The van der Waals surface area contributed by atoms with Crippen molar-refractivity contribution in [2.45, 2.75) is 39.2 Å². The van der Waals surface area contributed by atoms with Gasteiger partial charge in [-0.15, -0.1) is 6.42 Å². The molecule has 0 bridgehead atoms. The number of fused-ring (bicyclic) bond motifs is 1. The number of hydrogen-bond donors (Lipinski definition) is 1. The van der Waals surface area contributed by atoms with E-state index in [4.69, 9.17) is 40.3 Å². The van der Waals surface area contributed by atoms with E-state index in [-0.39, 0.29) is 17.0 Å². The van der Waals surface area contributed by atoms with Gasteiger partial charge in [-0.2, -0.15) is 0 Å². The molecule has 5 rings (SSSR count). The van der Waals surface area contributed by atoms with Gasteiger partial charge in [0.25, 0.3) is 5.56 Å². The molecule has 0 unspecified atom stereocenters. The van der Waals surface area contributed by atoms with Crippen LogP contribution in [0.1, 0.15) is 47.0 Å². The van der Waals surface area contributed by atoms with Crippen LogP contribution in [-0.2, 0) is 6.42 Å². The summed E-state index contributed by atoms with van der Waals surface area (Å²) in [4.78, 5) is 20.4. The summed E-state index contributed by atoms with van der Waals surface area (Å²) in [6.45, 7) is 5.22. The highest BCUT2D eigenvalue weighted by Gasteiger charge is 2.46. The number of anilines is 1. The third-order valence-electron chi connectivity index (χ3n) is 7.53. The van der Waals surface area contributed by atoms with Gasteiger partial charge in [0.05, 0.1) is 21.3 Å². The molecule has 2 N–H and O–H groups in total. The van der Waals surface area contributed by atoms with Crippen molar-refractivity contribution in [3.05, 3.63) is 84.9 Å². The van der Waals surface area contributed by atoms with E-state index in [9.17, 15) is 4.79 Å². The minimum absolute atomic E-state index is 0.0122. The summed E-state index contributed by atoms with van der Waals surface area (Å²) in [6, 6.07) is 11.4. The first-order chi connectivity index (χ1) is 16.3. The lowest BCUT2D eigenvalue weighted by atomic mass is 9.73. The van der Waals surface area contributed by atoms with Crippen molar-refractivity contribution in [1.29, 1.82) is 0 Å². The van der Waals surface area contributed by atoms with E-state index in [1.165, 1.54) is 15.7 Å². The molecule has 1 aliphatic carbocycles. The van der Waals surface area contributed by atoms with Crippen molar-refractivity contribution in [2.24, 2.45) is 11.1 Å². The normalized spacial score (nSPS) is 18.7. The van der Waals surface area contributed by atoms with Crippen LogP contribution in [0.25, 0.3) is 5.69 Å². The Bertz CT molecular complexity index is 1400. The number of terminal acetylenes is 1. The van der Waals surface area contributed by atoms with Gasteiger partial charge in [0.15, 0.2) is 0 Å². The van der Waals surface area contributed by atoms with Gasteiger partial charge in [-0.25, -0.2) is 4.98 Å². The molecule has 2 aromatic carbocycles. The lowest BCUT2D eigenvalue weighted by Gasteiger charge is -2.43. The molecule has 5 nitrogen and oxygen atoms in total. The van der Waals surface area contributed by atoms with Crippen molar-refractivity contribution >= 4 is 29.0 Å². The topological polar surface area (TPSA) is 64.2 Å². The molecule has 2 heterocycles. The number of rotatable bonds is 2. The maximum absolute atomic E-state index is 13.4. The molecule has 0 radical (unpaired) electrons. The zero-order valence-corrected chi connectivity index (χ0v) is 20.7. The third kappa shape index (κ3) is 3.53. The van der Waals surface area contributed by atoms with E-state index in [2.05, 4.69) is 23.0 Å². The van der Waals surface area contributed by atoms with Crippen LogP contribution in [0.4, 0.5) is 5.82 Å². The second-order valence-corrected chi connectivity index (χ2v) is 10.2. The molecule has 1 fully saturated rings. The summed E-state index contributed by atoms with van der Waals surface area (Å²) in [5, 5.41) is 0.739. The molecule has 1 aromatic heterocycles. The van der Waals surface area contributed by atoms with Gasteiger partial charge in [0.1, 0.15) is 11.6 Å². The zero-order chi connectivity index (χ0) is 24.2. The Kier molecular flexibility index (Phi) is 5.72. The molecule has 0 saturated carbocycles. The van der Waals surface area contributed by atoms with Crippen LogP contribution < -0.4 is 16.2 Å². The first-order valence-corrected chi connectivity index (χ1v) is 12.2. The van der Waals surface area contributed by atoms with Crippen LogP contribution in [0.3, 0.4) is 0 Å². The van der Waals surface area contributed by atoms with Gasteiger partial charge < -0.3 is 10.6 Å². The Morgan fingerprint density at radius 3 is 2.62 bits per heavy atom. The fourth-order valence-corrected chi connectivity index (χ4v) is 5.94. The van der Waals surface area contributed by atoms with Gasteiger partial charge in [-0.3, -0.25) is 9.36 Å². The molecule has 3 aromatic rings. The van der Waals surface area contributed by atoms with Crippen molar-refractivity contribution in [3.63, 3.8) is 0 Å². The molecule has 2 aliphatic rings. The lowest BCUT2D eigenvalue weighted by molar-refractivity contribution is 0.187. The summed E-state index contributed by atoms with van der Waals surface area (Å²) in [5.74, 6) is 4.02. The number of aromatic nitrogens is 2. The molecule has 34 heavy (non-hydrogen) atoms. The van der Waals surface area contributed by atoms with Crippen LogP contribution in [0.2, 0.25) is 10.0 Å². The molecule has 0 amide bonds. The Labute approximate surface area is 209 Å². The molecule has 174 valence electrons. The number of piperidine rings is 1. The largest absolute Gasteiger partial charge is 0.356 e. The van der Waals surface area contributed by atoms with E-state index in [0.29, 0.717) is 27.1 Å². The number of halogens is 2. The van der Waals surface area contributed by atoms with Crippen molar-refractivity contribution in [3.8, 4) is 18.0 Å². The zero-order valence-electron chi connectivity index (χ0n) is 19.2. The average molecular weight is 493 g/mol. The number of aryl methyl sites for hydroxylation is 1. The maximum Gasteiger partial charge on any atom is 0.263 e. The Hall–Kier alpha value is -2.78. The number of benzene rings is 2. The van der Waals surface area contributed by atoms with E-state index >= 15 is 0 Å². The molecule has 1 spiro atoms. The highest BCUT2D eigenvalue weighted by Crippen LogP contribution is 2.51. The Morgan fingerprint density at radius 1 is 1.18 bits per heavy atom. The summed E-state index contributed by atoms with van der Waals surface area (Å²) < 4.78 is 1.53. The fraction of sp³-hybridized carbons (Fsp3) is 0.333. The van der Waals surface area contributed by atoms with Gasteiger partial charge in [0, 0.05) is 24.7 Å². The highest BCUT2D eigenvalue weighted by molar-refractivity contribution is 6.43. The second kappa shape index (κ2) is 8.46. The predicted octanol–water partition coefficient (Wildman–Crippen LogP) is 4.98. The van der Waals surface area contributed by atoms with E-state index in [1.54, 1.807) is 18.2 Å². The van der Waals surface area contributed by atoms with Crippen LogP contribution in [-0.4, -0.2) is 22.6 Å². The van der Waals surface area contributed by atoms with Crippen LogP contribution in [0.5, 0.6) is 0 Å². The molecule has 1 aliphatic heterocycles.